The number of imide groups is 1. The predicted molar refractivity (Wildman–Crippen MR) is 110 cm³/mol. The normalized spacial score (nSPS) is 10.6. The van der Waals surface area contributed by atoms with Gasteiger partial charge in [0, 0.05) is 29.5 Å². The second kappa shape index (κ2) is 9.45. The van der Waals surface area contributed by atoms with Gasteiger partial charge in [0.2, 0.25) is 0 Å². The van der Waals surface area contributed by atoms with Crippen LogP contribution >= 0.6 is 11.8 Å². The van der Waals surface area contributed by atoms with E-state index >= 15 is 0 Å². The van der Waals surface area contributed by atoms with Gasteiger partial charge in [-0.3, -0.25) is 14.9 Å². The van der Waals surface area contributed by atoms with E-state index in [9.17, 15) is 14.4 Å². The zero-order valence-electron chi connectivity index (χ0n) is 16.8. The van der Waals surface area contributed by atoms with E-state index < -0.39 is 24.4 Å². The third kappa shape index (κ3) is 4.98. The van der Waals surface area contributed by atoms with E-state index in [4.69, 9.17) is 9.26 Å². The standard InChI is InChI=1S/C21H21N3O5S/c1-13-16(14(2)29-23-13)12-30-18-9-5-4-7-15(18)21(27)28-11-19(25)22-20(26)17-8-6-10-24(17)3/h4-10H,11-12H2,1-3H3,(H,22,25,26). The first-order chi connectivity index (χ1) is 14.4. The van der Waals surface area contributed by atoms with Crippen LogP contribution in [0.5, 0.6) is 0 Å². The maximum absolute atomic E-state index is 12.5. The lowest BCUT2D eigenvalue weighted by atomic mass is 10.2. The number of hydrogen-bond acceptors (Lipinski definition) is 7. The predicted octanol–water partition coefficient (Wildman–Crippen LogP) is 3.04. The molecular formula is C21H21N3O5S. The van der Waals surface area contributed by atoms with Crippen molar-refractivity contribution in [2.45, 2.75) is 24.5 Å². The third-order valence-electron chi connectivity index (χ3n) is 4.42. The molecule has 0 unspecified atom stereocenters. The summed E-state index contributed by atoms with van der Waals surface area (Å²) in [5.74, 6) is -0.579. The number of aryl methyl sites for hydroxylation is 3. The molecule has 0 spiro atoms. The maximum Gasteiger partial charge on any atom is 0.339 e. The van der Waals surface area contributed by atoms with Gasteiger partial charge in [-0.15, -0.1) is 11.8 Å². The molecule has 0 aliphatic rings. The molecular weight excluding hydrogens is 406 g/mol. The van der Waals surface area contributed by atoms with Crippen LogP contribution < -0.4 is 5.32 Å². The molecule has 1 aromatic carbocycles. The van der Waals surface area contributed by atoms with Crippen LogP contribution in [0.15, 0.2) is 52.0 Å². The lowest BCUT2D eigenvalue weighted by Crippen LogP contribution is -2.35. The molecule has 1 N–H and O–H groups in total. The number of amides is 2. The van der Waals surface area contributed by atoms with E-state index in [-0.39, 0.29) is 0 Å². The van der Waals surface area contributed by atoms with Crippen LogP contribution in [0.25, 0.3) is 0 Å². The summed E-state index contributed by atoms with van der Waals surface area (Å²) >= 11 is 1.45. The van der Waals surface area contributed by atoms with Crippen molar-refractivity contribution in [2.75, 3.05) is 6.61 Å². The van der Waals surface area contributed by atoms with Crippen molar-refractivity contribution in [1.29, 1.82) is 0 Å². The van der Waals surface area contributed by atoms with Gasteiger partial charge in [-0.25, -0.2) is 4.79 Å². The number of thioether (sulfide) groups is 1. The van der Waals surface area contributed by atoms with Gasteiger partial charge >= 0.3 is 5.97 Å². The Kier molecular flexibility index (Phi) is 6.73. The number of esters is 1. The summed E-state index contributed by atoms with van der Waals surface area (Å²) in [6, 6.07) is 10.2. The van der Waals surface area contributed by atoms with Crippen LogP contribution in [-0.4, -0.2) is 34.1 Å². The quantitative estimate of drug-likeness (QED) is 0.457. The molecule has 8 nitrogen and oxygen atoms in total. The Morgan fingerprint density at radius 2 is 1.93 bits per heavy atom. The van der Waals surface area contributed by atoms with Gasteiger partial charge in [0.15, 0.2) is 6.61 Å². The minimum absolute atomic E-state index is 0.329. The average molecular weight is 427 g/mol. The van der Waals surface area contributed by atoms with Gasteiger partial charge in [-0.2, -0.15) is 0 Å². The molecule has 9 heteroatoms. The van der Waals surface area contributed by atoms with E-state index in [2.05, 4.69) is 10.5 Å². The smallest absolute Gasteiger partial charge is 0.339 e. The largest absolute Gasteiger partial charge is 0.452 e. The molecule has 2 heterocycles. The van der Waals surface area contributed by atoms with Gasteiger partial charge in [0.05, 0.1) is 11.3 Å². The number of hydrogen-bond donors (Lipinski definition) is 1. The monoisotopic (exact) mass is 427 g/mol. The lowest BCUT2D eigenvalue weighted by Gasteiger charge is -2.10. The minimum Gasteiger partial charge on any atom is -0.452 e. The molecule has 30 heavy (non-hydrogen) atoms. The minimum atomic E-state index is -0.699. The average Bonchev–Trinajstić information content (AvgIpc) is 3.30. The summed E-state index contributed by atoms with van der Waals surface area (Å²) in [6.45, 7) is 3.14. The second-order valence-corrected chi connectivity index (χ2v) is 7.56. The number of benzene rings is 1. The zero-order valence-corrected chi connectivity index (χ0v) is 17.6. The van der Waals surface area contributed by atoms with Gasteiger partial charge in [-0.1, -0.05) is 17.3 Å². The number of nitrogens with one attached hydrogen (secondary N) is 1. The van der Waals surface area contributed by atoms with Crippen LogP contribution in [-0.2, 0) is 22.3 Å². The lowest BCUT2D eigenvalue weighted by molar-refractivity contribution is -0.123. The molecule has 0 saturated heterocycles. The molecule has 0 aliphatic heterocycles. The highest BCUT2D eigenvalue weighted by Gasteiger charge is 2.18. The highest BCUT2D eigenvalue weighted by molar-refractivity contribution is 7.98. The van der Waals surface area contributed by atoms with Crippen molar-refractivity contribution in [3.8, 4) is 0 Å². The second-order valence-electron chi connectivity index (χ2n) is 6.55. The Hall–Kier alpha value is -3.33. The number of rotatable bonds is 7. The highest BCUT2D eigenvalue weighted by atomic mass is 32.2. The van der Waals surface area contributed by atoms with Gasteiger partial charge in [0.1, 0.15) is 11.5 Å². The van der Waals surface area contributed by atoms with Crippen LogP contribution in [0.4, 0.5) is 0 Å². The molecule has 0 atom stereocenters. The summed E-state index contributed by atoms with van der Waals surface area (Å²) < 4.78 is 11.9. The SMILES string of the molecule is Cc1noc(C)c1CSc1ccccc1C(=O)OCC(=O)NC(=O)c1cccn1C. The fourth-order valence-corrected chi connectivity index (χ4v) is 3.95. The van der Waals surface area contributed by atoms with Crippen molar-refractivity contribution >= 4 is 29.5 Å². The van der Waals surface area contributed by atoms with Crippen LogP contribution in [0.1, 0.15) is 37.9 Å². The molecule has 0 radical (unpaired) electrons. The first kappa shape index (κ1) is 21.4. The number of nitrogens with zero attached hydrogens (tertiary/aromatic N) is 2. The van der Waals surface area contributed by atoms with Gasteiger partial charge in [0.25, 0.3) is 11.8 Å². The number of carbonyl (C=O) groups excluding carboxylic acids is 3. The van der Waals surface area contributed by atoms with Gasteiger partial charge in [-0.05, 0) is 38.1 Å². The van der Waals surface area contributed by atoms with E-state index in [0.717, 1.165) is 17.0 Å². The molecule has 0 saturated carbocycles. The molecule has 156 valence electrons. The Labute approximate surface area is 177 Å². The molecule has 0 aliphatic carbocycles. The Bertz CT molecular complexity index is 1070. The Morgan fingerprint density at radius 1 is 1.17 bits per heavy atom. The van der Waals surface area contributed by atoms with Crippen molar-refractivity contribution in [3.63, 3.8) is 0 Å². The molecule has 0 bridgehead atoms. The summed E-state index contributed by atoms with van der Waals surface area (Å²) in [5, 5.41) is 6.13. The topological polar surface area (TPSA) is 103 Å². The Morgan fingerprint density at radius 3 is 2.60 bits per heavy atom. The van der Waals surface area contributed by atoms with Crippen molar-refractivity contribution in [1.82, 2.24) is 15.0 Å². The summed E-state index contributed by atoms with van der Waals surface area (Å²) in [4.78, 5) is 37.3. The summed E-state index contributed by atoms with van der Waals surface area (Å²) in [7, 11) is 1.69. The fourth-order valence-electron chi connectivity index (χ4n) is 2.75. The first-order valence-electron chi connectivity index (χ1n) is 9.13. The number of ether oxygens (including phenoxy) is 1. The van der Waals surface area contributed by atoms with E-state index in [0.29, 0.717) is 21.9 Å². The molecule has 2 aromatic heterocycles. The fraction of sp³-hybridized carbons (Fsp3) is 0.238. The van der Waals surface area contributed by atoms with Crippen molar-refractivity contribution in [2.24, 2.45) is 7.05 Å². The van der Waals surface area contributed by atoms with Gasteiger partial charge < -0.3 is 13.8 Å². The highest BCUT2D eigenvalue weighted by Crippen LogP contribution is 2.29. The summed E-state index contributed by atoms with van der Waals surface area (Å²) in [6.07, 6.45) is 1.69. The van der Waals surface area contributed by atoms with Crippen LogP contribution in [0.2, 0.25) is 0 Å². The molecule has 2 amide bonds. The van der Waals surface area contributed by atoms with E-state index in [1.807, 2.05) is 19.9 Å². The first-order valence-corrected chi connectivity index (χ1v) is 10.1. The molecule has 0 fully saturated rings. The maximum atomic E-state index is 12.5. The van der Waals surface area contributed by atoms with Crippen molar-refractivity contribution < 1.29 is 23.6 Å². The Balaban J connectivity index is 1.58. The van der Waals surface area contributed by atoms with Crippen molar-refractivity contribution in [3.05, 3.63) is 70.9 Å². The summed E-state index contributed by atoms with van der Waals surface area (Å²) in [5.41, 5.74) is 2.45. The van der Waals surface area contributed by atoms with Crippen LogP contribution in [0.3, 0.4) is 0 Å². The van der Waals surface area contributed by atoms with E-state index in [1.165, 1.54) is 11.8 Å². The number of carbonyl (C=O) groups is 3. The van der Waals surface area contributed by atoms with E-state index in [1.54, 1.807) is 48.1 Å². The number of aromatic nitrogens is 2. The molecule has 3 rings (SSSR count). The third-order valence-corrected chi connectivity index (χ3v) is 5.52. The molecule has 3 aromatic rings. The zero-order chi connectivity index (χ0) is 21.7. The van der Waals surface area contributed by atoms with Crippen LogP contribution in [0, 0.1) is 13.8 Å².